The summed E-state index contributed by atoms with van der Waals surface area (Å²) in [5.74, 6) is 2.44. The number of rotatable bonds is 7. The highest BCUT2D eigenvalue weighted by Gasteiger charge is 2.20. The second kappa shape index (κ2) is 9.98. The molecule has 31 heavy (non-hydrogen) atoms. The number of pyridine rings is 1. The smallest absolute Gasteiger partial charge is 0.134 e. The van der Waals surface area contributed by atoms with Gasteiger partial charge < -0.3 is 10.2 Å². The van der Waals surface area contributed by atoms with Crippen LogP contribution >= 0.6 is 0 Å². The summed E-state index contributed by atoms with van der Waals surface area (Å²) in [4.78, 5) is 18.6. The lowest BCUT2D eigenvalue weighted by Gasteiger charge is -2.24. The third kappa shape index (κ3) is 5.66. The molecular weight excluding hydrogens is 384 g/mol. The first-order valence-electron chi connectivity index (χ1n) is 11.0. The largest absolute Gasteiger partial charge is 0.363 e. The minimum absolute atomic E-state index is 0.448. The molecule has 3 heterocycles. The molecule has 6 heteroatoms. The lowest BCUT2D eigenvalue weighted by molar-refractivity contribution is 0.314. The van der Waals surface area contributed by atoms with Gasteiger partial charge in [-0.3, -0.25) is 9.88 Å². The molecule has 6 nitrogen and oxygen atoms in total. The van der Waals surface area contributed by atoms with E-state index >= 15 is 0 Å². The summed E-state index contributed by atoms with van der Waals surface area (Å²) in [6, 6.07) is 16.8. The van der Waals surface area contributed by atoms with Gasteiger partial charge in [0.2, 0.25) is 0 Å². The fraction of sp³-hybridized carbons (Fsp3) is 0.400. The molecule has 1 saturated heterocycles. The van der Waals surface area contributed by atoms with Crippen LogP contribution in [0.2, 0.25) is 0 Å². The van der Waals surface area contributed by atoms with E-state index in [1.54, 1.807) is 0 Å². The van der Waals surface area contributed by atoms with Crippen LogP contribution in [0.4, 0.5) is 5.82 Å². The predicted octanol–water partition coefficient (Wildman–Crippen LogP) is 3.70. The van der Waals surface area contributed by atoms with E-state index in [-0.39, 0.29) is 0 Å². The van der Waals surface area contributed by atoms with Crippen molar-refractivity contribution in [3.8, 4) is 11.3 Å². The standard InChI is InChI=1S/C25H32N6/c1-30(2)24-16-22(28-25(29-24)21-11-14-26-15-12-21)18-31(3)17-19-7-9-20(10-8-19)23-6-4-5-13-27-23/h4-10,13,16,21,26H,11-12,14-15,17-18H2,1-3H3. The van der Waals surface area contributed by atoms with Gasteiger partial charge in [0, 0.05) is 50.9 Å². The molecule has 0 saturated carbocycles. The SMILES string of the molecule is CN(Cc1ccc(-c2ccccn2)cc1)Cc1cc(N(C)C)nc(C2CCNCC2)n1. The molecule has 1 fully saturated rings. The molecular formula is C25H32N6. The fourth-order valence-corrected chi connectivity index (χ4v) is 4.03. The Balaban J connectivity index is 1.45. The van der Waals surface area contributed by atoms with Gasteiger partial charge in [-0.05, 0) is 50.7 Å². The molecule has 0 bridgehead atoms. The number of hydrogen-bond donors (Lipinski definition) is 1. The van der Waals surface area contributed by atoms with Crippen molar-refractivity contribution in [2.75, 3.05) is 39.1 Å². The summed E-state index contributed by atoms with van der Waals surface area (Å²) in [6.45, 7) is 3.75. The lowest BCUT2D eigenvalue weighted by atomic mass is 9.97. The maximum atomic E-state index is 4.96. The Kier molecular flexibility index (Phi) is 6.89. The van der Waals surface area contributed by atoms with Crippen LogP contribution in [0.25, 0.3) is 11.3 Å². The van der Waals surface area contributed by atoms with E-state index in [1.807, 2.05) is 38.5 Å². The molecule has 1 N–H and O–H groups in total. The molecule has 4 rings (SSSR count). The Labute approximate surface area is 185 Å². The summed E-state index contributed by atoms with van der Waals surface area (Å²) in [5.41, 5.74) is 4.51. The summed E-state index contributed by atoms with van der Waals surface area (Å²) in [7, 11) is 6.24. The summed E-state index contributed by atoms with van der Waals surface area (Å²) in [6.07, 6.45) is 4.04. The first kappa shape index (κ1) is 21.4. The Morgan fingerprint density at radius 3 is 2.39 bits per heavy atom. The molecule has 1 aliphatic rings. The maximum Gasteiger partial charge on any atom is 0.134 e. The minimum atomic E-state index is 0.448. The summed E-state index contributed by atoms with van der Waals surface area (Å²) in [5, 5.41) is 3.43. The van der Waals surface area contributed by atoms with Crippen molar-refractivity contribution < 1.29 is 0 Å². The van der Waals surface area contributed by atoms with Crippen molar-refractivity contribution in [2.24, 2.45) is 0 Å². The Morgan fingerprint density at radius 2 is 1.71 bits per heavy atom. The lowest BCUT2D eigenvalue weighted by Crippen LogP contribution is -2.28. The number of aromatic nitrogens is 3. The zero-order valence-corrected chi connectivity index (χ0v) is 18.8. The van der Waals surface area contributed by atoms with Gasteiger partial charge in [0.05, 0.1) is 11.4 Å². The van der Waals surface area contributed by atoms with Crippen LogP contribution in [-0.4, -0.2) is 54.1 Å². The number of nitrogens with one attached hydrogen (secondary N) is 1. The maximum absolute atomic E-state index is 4.96. The third-order valence-electron chi connectivity index (χ3n) is 5.74. The normalized spacial score (nSPS) is 14.7. The van der Waals surface area contributed by atoms with Gasteiger partial charge in [0.1, 0.15) is 11.6 Å². The molecule has 0 atom stereocenters. The molecule has 1 aromatic carbocycles. The van der Waals surface area contributed by atoms with Gasteiger partial charge in [-0.2, -0.15) is 0 Å². The number of benzene rings is 1. The Morgan fingerprint density at radius 1 is 0.935 bits per heavy atom. The van der Waals surface area contributed by atoms with Crippen LogP contribution in [0, 0.1) is 0 Å². The third-order valence-corrected chi connectivity index (χ3v) is 5.74. The summed E-state index contributed by atoms with van der Waals surface area (Å²) < 4.78 is 0. The van der Waals surface area contributed by atoms with Crippen LogP contribution in [0.5, 0.6) is 0 Å². The fourth-order valence-electron chi connectivity index (χ4n) is 4.03. The zero-order valence-electron chi connectivity index (χ0n) is 18.8. The Bertz CT molecular complexity index is 965. The number of piperidine rings is 1. The molecule has 2 aromatic heterocycles. The van der Waals surface area contributed by atoms with Crippen molar-refractivity contribution >= 4 is 5.82 Å². The topological polar surface area (TPSA) is 57.2 Å². The monoisotopic (exact) mass is 416 g/mol. The van der Waals surface area contributed by atoms with E-state index in [4.69, 9.17) is 9.97 Å². The molecule has 1 aliphatic heterocycles. The predicted molar refractivity (Wildman–Crippen MR) is 126 cm³/mol. The second-order valence-electron chi connectivity index (χ2n) is 8.58. The number of nitrogens with zero attached hydrogens (tertiary/aromatic N) is 5. The average Bonchev–Trinajstić information content (AvgIpc) is 2.80. The van der Waals surface area contributed by atoms with Gasteiger partial charge >= 0.3 is 0 Å². The molecule has 162 valence electrons. The van der Waals surface area contributed by atoms with Gasteiger partial charge in [0.15, 0.2) is 0 Å². The number of anilines is 1. The van der Waals surface area contributed by atoms with E-state index in [2.05, 4.69) is 57.5 Å². The highest BCUT2D eigenvalue weighted by Crippen LogP contribution is 2.25. The van der Waals surface area contributed by atoms with E-state index < -0.39 is 0 Å². The molecule has 3 aromatic rings. The van der Waals surface area contributed by atoms with Gasteiger partial charge in [-0.1, -0.05) is 30.3 Å². The molecule has 0 aliphatic carbocycles. The van der Waals surface area contributed by atoms with Gasteiger partial charge in [-0.15, -0.1) is 0 Å². The van der Waals surface area contributed by atoms with Crippen molar-refractivity contribution in [1.29, 1.82) is 0 Å². The van der Waals surface area contributed by atoms with Crippen LogP contribution in [0.3, 0.4) is 0 Å². The number of hydrogen-bond acceptors (Lipinski definition) is 6. The van der Waals surface area contributed by atoms with Crippen molar-refractivity contribution in [3.63, 3.8) is 0 Å². The van der Waals surface area contributed by atoms with E-state index in [0.29, 0.717) is 5.92 Å². The van der Waals surface area contributed by atoms with Crippen LogP contribution in [-0.2, 0) is 13.1 Å². The average molecular weight is 417 g/mol. The Hall–Kier alpha value is -2.83. The van der Waals surface area contributed by atoms with Crippen LogP contribution < -0.4 is 10.2 Å². The first-order valence-corrected chi connectivity index (χ1v) is 11.0. The zero-order chi connectivity index (χ0) is 21.6. The molecule has 0 amide bonds. The van der Waals surface area contributed by atoms with E-state index in [0.717, 1.165) is 67.6 Å². The minimum Gasteiger partial charge on any atom is -0.363 e. The molecule has 0 unspecified atom stereocenters. The van der Waals surface area contributed by atoms with Crippen LogP contribution in [0.1, 0.15) is 35.8 Å². The molecule has 0 spiro atoms. The van der Waals surface area contributed by atoms with Gasteiger partial charge in [0.25, 0.3) is 0 Å². The highest BCUT2D eigenvalue weighted by atomic mass is 15.2. The first-order chi connectivity index (χ1) is 15.1. The highest BCUT2D eigenvalue weighted by molar-refractivity contribution is 5.59. The van der Waals surface area contributed by atoms with E-state index in [9.17, 15) is 0 Å². The van der Waals surface area contributed by atoms with Gasteiger partial charge in [-0.25, -0.2) is 9.97 Å². The van der Waals surface area contributed by atoms with E-state index in [1.165, 1.54) is 5.56 Å². The van der Waals surface area contributed by atoms with Crippen LogP contribution in [0.15, 0.2) is 54.7 Å². The summed E-state index contributed by atoms with van der Waals surface area (Å²) >= 11 is 0. The molecule has 0 radical (unpaired) electrons. The second-order valence-corrected chi connectivity index (χ2v) is 8.58. The van der Waals surface area contributed by atoms with Crippen molar-refractivity contribution in [2.45, 2.75) is 31.8 Å². The van der Waals surface area contributed by atoms with Crippen molar-refractivity contribution in [1.82, 2.24) is 25.2 Å². The van der Waals surface area contributed by atoms with Crippen molar-refractivity contribution in [3.05, 3.63) is 71.8 Å². The quantitative estimate of drug-likeness (QED) is 0.634.